The highest BCUT2D eigenvalue weighted by Crippen LogP contribution is 2.27. The Kier molecular flexibility index (Phi) is 5.41. The van der Waals surface area contributed by atoms with Crippen LogP contribution in [0.3, 0.4) is 0 Å². The predicted octanol–water partition coefficient (Wildman–Crippen LogP) is 2.61. The Morgan fingerprint density at radius 2 is 1.83 bits per heavy atom. The van der Waals surface area contributed by atoms with Crippen LogP contribution in [0.5, 0.6) is 11.5 Å². The molecule has 8 nitrogen and oxygen atoms in total. The molecule has 2 amide bonds. The zero-order chi connectivity index (χ0) is 20.2. The van der Waals surface area contributed by atoms with Crippen molar-refractivity contribution in [2.45, 2.75) is 6.54 Å². The number of methoxy groups -OCH3 is 2. The molecular formula is C21H25N5O3. The number of H-pyrrole nitrogens is 1. The molecule has 1 aliphatic rings. The molecule has 4 rings (SSSR count). The summed E-state index contributed by atoms with van der Waals surface area (Å²) in [6.45, 7) is 3.21. The van der Waals surface area contributed by atoms with E-state index < -0.39 is 0 Å². The maximum atomic E-state index is 12.5. The average molecular weight is 395 g/mol. The second-order valence-corrected chi connectivity index (χ2v) is 6.90. The van der Waals surface area contributed by atoms with Crippen LogP contribution in [-0.4, -0.2) is 61.3 Å². The van der Waals surface area contributed by atoms with Crippen LogP contribution in [-0.2, 0) is 6.54 Å². The number of para-hydroxylation sites is 2. The minimum absolute atomic E-state index is 0.0657. The number of imidazole rings is 1. The van der Waals surface area contributed by atoms with Gasteiger partial charge in [0.15, 0.2) is 11.5 Å². The fourth-order valence-corrected chi connectivity index (χ4v) is 3.49. The van der Waals surface area contributed by atoms with Crippen molar-refractivity contribution >= 4 is 23.0 Å². The molecule has 3 aromatic rings. The van der Waals surface area contributed by atoms with Crippen molar-refractivity contribution in [3.63, 3.8) is 0 Å². The molecule has 0 radical (unpaired) electrons. The van der Waals surface area contributed by atoms with Crippen molar-refractivity contribution in [2.75, 3.05) is 45.3 Å². The Balaban J connectivity index is 1.31. The molecule has 2 aromatic carbocycles. The van der Waals surface area contributed by atoms with E-state index in [1.165, 1.54) is 0 Å². The summed E-state index contributed by atoms with van der Waals surface area (Å²) in [6, 6.07) is 13.5. The minimum atomic E-state index is -0.0657. The molecule has 1 aliphatic heterocycles. The first-order valence-electron chi connectivity index (χ1n) is 9.61. The standard InChI is InChI=1S/C21H25N5O3/c1-28-18-8-7-15(13-19(18)29-2)14-22-21(27)26-11-9-25(10-12-26)20-23-16-5-3-4-6-17(16)24-20/h3-8,13H,9-12,14H2,1-2H3,(H,22,27)(H,23,24). The molecule has 2 N–H and O–H groups in total. The molecule has 0 bridgehead atoms. The lowest BCUT2D eigenvalue weighted by Gasteiger charge is -2.34. The quantitative estimate of drug-likeness (QED) is 0.694. The third-order valence-corrected chi connectivity index (χ3v) is 5.13. The number of piperazine rings is 1. The number of fused-ring (bicyclic) bond motifs is 1. The second-order valence-electron chi connectivity index (χ2n) is 6.90. The molecular weight excluding hydrogens is 370 g/mol. The van der Waals surface area contributed by atoms with Gasteiger partial charge in [-0.15, -0.1) is 0 Å². The summed E-state index contributed by atoms with van der Waals surface area (Å²) in [5.41, 5.74) is 2.94. The van der Waals surface area contributed by atoms with Gasteiger partial charge < -0.3 is 29.6 Å². The Bertz CT molecular complexity index is 962. The first-order valence-corrected chi connectivity index (χ1v) is 9.61. The number of hydrogen-bond acceptors (Lipinski definition) is 5. The summed E-state index contributed by atoms with van der Waals surface area (Å²) < 4.78 is 10.6. The van der Waals surface area contributed by atoms with E-state index in [4.69, 9.17) is 9.47 Å². The summed E-state index contributed by atoms with van der Waals surface area (Å²) in [4.78, 5) is 24.6. The monoisotopic (exact) mass is 395 g/mol. The van der Waals surface area contributed by atoms with Gasteiger partial charge in [0.05, 0.1) is 25.3 Å². The molecule has 1 saturated heterocycles. The van der Waals surface area contributed by atoms with Gasteiger partial charge in [-0.2, -0.15) is 0 Å². The van der Waals surface area contributed by atoms with Gasteiger partial charge >= 0.3 is 6.03 Å². The van der Waals surface area contributed by atoms with Crippen LogP contribution in [0.25, 0.3) is 11.0 Å². The normalized spacial score (nSPS) is 14.1. The number of hydrogen-bond donors (Lipinski definition) is 2. The number of carbonyl (C=O) groups is 1. The molecule has 29 heavy (non-hydrogen) atoms. The molecule has 1 aromatic heterocycles. The molecule has 8 heteroatoms. The fraction of sp³-hybridized carbons (Fsp3) is 0.333. The Labute approximate surface area is 169 Å². The topological polar surface area (TPSA) is 82.7 Å². The van der Waals surface area contributed by atoms with E-state index >= 15 is 0 Å². The van der Waals surface area contributed by atoms with Crippen molar-refractivity contribution in [3.8, 4) is 11.5 Å². The van der Waals surface area contributed by atoms with E-state index in [9.17, 15) is 4.79 Å². The number of amides is 2. The highest BCUT2D eigenvalue weighted by Gasteiger charge is 2.22. The molecule has 0 unspecified atom stereocenters. The van der Waals surface area contributed by atoms with Crippen molar-refractivity contribution < 1.29 is 14.3 Å². The number of urea groups is 1. The maximum absolute atomic E-state index is 12.5. The number of ether oxygens (including phenoxy) is 2. The van der Waals surface area contributed by atoms with Crippen LogP contribution in [0.15, 0.2) is 42.5 Å². The van der Waals surface area contributed by atoms with Gasteiger partial charge in [-0.3, -0.25) is 0 Å². The summed E-state index contributed by atoms with van der Waals surface area (Å²) in [7, 11) is 3.20. The summed E-state index contributed by atoms with van der Waals surface area (Å²) in [6.07, 6.45) is 0. The SMILES string of the molecule is COc1ccc(CNC(=O)N2CCN(c3nc4ccccc4[nH]3)CC2)cc1OC. The van der Waals surface area contributed by atoms with E-state index in [2.05, 4.69) is 20.2 Å². The number of anilines is 1. The Hall–Kier alpha value is -3.42. The summed E-state index contributed by atoms with van der Waals surface area (Å²) >= 11 is 0. The second kappa shape index (κ2) is 8.30. The van der Waals surface area contributed by atoms with Crippen LogP contribution in [0.1, 0.15) is 5.56 Å². The van der Waals surface area contributed by atoms with Gasteiger partial charge in [-0.05, 0) is 29.8 Å². The van der Waals surface area contributed by atoms with Gasteiger partial charge in [0.1, 0.15) is 0 Å². The lowest BCUT2D eigenvalue weighted by Crippen LogP contribution is -2.52. The Morgan fingerprint density at radius 1 is 1.07 bits per heavy atom. The number of aromatic amines is 1. The van der Waals surface area contributed by atoms with E-state index in [1.54, 1.807) is 14.2 Å². The number of nitrogens with zero attached hydrogens (tertiary/aromatic N) is 3. The van der Waals surface area contributed by atoms with Crippen LogP contribution >= 0.6 is 0 Å². The van der Waals surface area contributed by atoms with Crippen LogP contribution in [0.2, 0.25) is 0 Å². The molecule has 0 atom stereocenters. The molecule has 2 heterocycles. The van der Waals surface area contributed by atoms with Crippen molar-refractivity contribution in [2.24, 2.45) is 0 Å². The number of rotatable bonds is 5. The lowest BCUT2D eigenvalue weighted by atomic mass is 10.2. The largest absolute Gasteiger partial charge is 0.493 e. The molecule has 0 saturated carbocycles. The summed E-state index contributed by atoms with van der Waals surface area (Å²) in [5.74, 6) is 2.18. The highest BCUT2D eigenvalue weighted by molar-refractivity contribution is 5.78. The van der Waals surface area contributed by atoms with Gasteiger partial charge in [-0.1, -0.05) is 18.2 Å². The van der Waals surface area contributed by atoms with E-state index in [-0.39, 0.29) is 6.03 Å². The molecule has 0 aliphatic carbocycles. The van der Waals surface area contributed by atoms with Gasteiger partial charge in [0.2, 0.25) is 5.95 Å². The van der Waals surface area contributed by atoms with Crippen LogP contribution in [0, 0.1) is 0 Å². The maximum Gasteiger partial charge on any atom is 0.317 e. The van der Waals surface area contributed by atoms with E-state index in [0.29, 0.717) is 31.1 Å². The first-order chi connectivity index (χ1) is 14.2. The van der Waals surface area contributed by atoms with Crippen LogP contribution < -0.4 is 19.7 Å². The lowest BCUT2D eigenvalue weighted by molar-refractivity contribution is 0.193. The van der Waals surface area contributed by atoms with Crippen LogP contribution in [0.4, 0.5) is 10.7 Å². The van der Waals surface area contributed by atoms with Gasteiger partial charge in [0, 0.05) is 32.7 Å². The third-order valence-electron chi connectivity index (χ3n) is 5.13. The number of carbonyl (C=O) groups excluding carboxylic acids is 1. The molecule has 152 valence electrons. The highest BCUT2D eigenvalue weighted by atomic mass is 16.5. The third kappa shape index (κ3) is 4.06. The zero-order valence-electron chi connectivity index (χ0n) is 16.6. The smallest absolute Gasteiger partial charge is 0.317 e. The van der Waals surface area contributed by atoms with Crippen molar-refractivity contribution in [1.29, 1.82) is 0 Å². The average Bonchev–Trinajstić information content (AvgIpc) is 3.21. The number of nitrogens with one attached hydrogen (secondary N) is 2. The van der Waals surface area contributed by atoms with Crippen molar-refractivity contribution in [3.05, 3.63) is 48.0 Å². The summed E-state index contributed by atoms with van der Waals surface area (Å²) in [5, 5.41) is 2.98. The first kappa shape index (κ1) is 18.9. The van der Waals surface area contributed by atoms with Gasteiger partial charge in [-0.25, -0.2) is 9.78 Å². The van der Waals surface area contributed by atoms with E-state index in [1.807, 2.05) is 47.4 Å². The van der Waals surface area contributed by atoms with Crippen molar-refractivity contribution in [1.82, 2.24) is 20.2 Å². The van der Waals surface area contributed by atoms with E-state index in [0.717, 1.165) is 35.6 Å². The molecule has 0 spiro atoms. The number of benzene rings is 2. The Morgan fingerprint density at radius 3 is 2.55 bits per heavy atom. The fourth-order valence-electron chi connectivity index (χ4n) is 3.49. The zero-order valence-corrected chi connectivity index (χ0v) is 16.6. The minimum Gasteiger partial charge on any atom is -0.493 e. The van der Waals surface area contributed by atoms with Gasteiger partial charge in [0.25, 0.3) is 0 Å². The predicted molar refractivity (Wildman–Crippen MR) is 112 cm³/mol. The number of aromatic nitrogens is 2. The molecule has 1 fully saturated rings.